The summed E-state index contributed by atoms with van der Waals surface area (Å²) < 4.78 is 5.30. The Morgan fingerprint density at radius 1 is 1.42 bits per heavy atom. The van der Waals surface area contributed by atoms with Gasteiger partial charge in [0.2, 0.25) is 0 Å². The molecule has 0 amide bonds. The Morgan fingerprint density at radius 2 is 2.08 bits per heavy atom. The topological polar surface area (TPSA) is 12.5 Å². The van der Waals surface area contributed by atoms with E-state index < -0.39 is 0 Å². The maximum Gasteiger partial charge on any atom is 0.0594 e. The Balaban J connectivity index is 2.15. The van der Waals surface area contributed by atoms with Crippen molar-refractivity contribution in [3.05, 3.63) is 6.92 Å². The molecule has 0 aromatic heterocycles. The standard InChI is InChI=1S/C10H20NO/c1-3-4-5-10(2)11-6-8-12-9-7-11/h10H,1,3-9H2,2H3. The second-order valence-electron chi connectivity index (χ2n) is 3.49. The fourth-order valence-electron chi connectivity index (χ4n) is 1.64. The third kappa shape index (κ3) is 3.11. The minimum Gasteiger partial charge on any atom is -0.379 e. The number of hydrogen-bond acceptors (Lipinski definition) is 2. The van der Waals surface area contributed by atoms with Crippen molar-refractivity contribution in [2.24, 2.45) is 0 Å². The molecule has 1 rings (SSSR count). The number of ether oxygens (including phenoxy) is 1. The summed E-state index contributed by atoms with van der Waals surface area (Å²) in [4.78, 5) is 2.51. The molecule has 1 fully saturated rings. The van der Waals surface area contributed by atoms with Gasteiger partial charge in [0, 0.05) is 19.1 Å². The number of nitrogens with zero attached hydrogens (tertiary/aromatic N) is 1. The van der Waals surface area contributed by atoms with E-state index in [1.807, 2.05) is 0 Å². The number of hydrogen-bond donors (Lipinski definition) is 0. The van der Waals surface area contributed by atoms with Crippen molar-refractivity contribution < 1.29 is 4.74 Å². The first-order valence-electron chi connectivity index (χ1n) is 4.95. The summed E-state index contributed by atoms with van der Waals surface area (Å²) in [6, 6.07) is 0.718. The minimum atomic E-state index is 0.718. The Bertz CT molecular complexity index is 110. The van der Waals surface area contributed by atoms with Gasteiger partial charge in [-0.1, -0.05) is 19.8 Å². The van der Waals surface area contributed by atoms with Gasteiger partial charge in [0.25, 0.3) is 0 Å². The molecular weight excluding hydrogens is 150 g/mol. The van der Waals surface area contributed by atoms with E-state index in [9.17, 15) is 0 Å². The molecular formula is C10H20NO. The molecule has 0 N–H and O–H groups in total. The zero-order valence-electron chi connectivity index (χ0n) is 8.09. The third-order valence-electron chi connectivity index (χ3n) is 2.54. The molecule has 1 aliphatic heterocycles. The molecule has 2 nitrogen and oxygen atoms in total. The van der Waals surface area contributed by atoms with Crippen molar-refractivity contribution in [3.63, 3.8) is 0 Å². The van der Waals surface area contributed by atoms with E-state index >= 15 is 0 Å². The predicted octanol–water partition coefficient (Wildman–Crippen LogP) is 1.71. The van der Waals surface area contributed by atoms with E-state index in [2.05, 4.69) is 18.7 Å². The highest BCUT2D eigenvalue weighted by Gasteiger charge is 2.15. The summed E-state index contributed by atoms with van der Waals surface area (Å²) in [5.74, 6) is 0. The van der Waals surface area contributed by atoms with E-state index in [-0.39, 0.29) is 0 Å². The van der Waals surface area contributed by atoms with Gasteiger partial charge in [-0.05, 0) is 13.3 Å². The Kier molecular flexibility index (Phi) is 4.62. The Morgan fingerprint density at radius 3 is 2.67 bits per heavy atom. The van der Waals surface area contributed by atoms with Crippen LogP contribution in [0, 0.1) is 6.92 Å². The molecule has 1 atom stereocenters. The van der Waals surface area contributed by atoms with Crippen molar-refractivity contribution in [1.82, 2.24) is 4.90 Å². The van der Waals surface area contributed by atoms with Crippen LogP contribution in [0.25, 0.3) is 0 Å². The third-order valence-corrected chi connectivity index (χ3v) is 2.54. The first kappa shape index (κ1) is 10.0. The van der Waals surface area contributed by atoms with Crippen LogP contribution in [0.1, 0.15) is 26.2 Å². The first-order chi connectivity index (χ1) is 5.84. The van der Waals surface area contributed by atoms with Gasteiger partial charge in [-0.15, -0.1) is 0 Å². The molecule has 0 aromatic rings. The molecule has 71 valence electrons. The van der Waals surface area contributed by atoms with Crippen molar-refractivity contribution in [3.8, 4) is 0 Å². The molecule has 0 bridgehead atoms. The number of unbranched alkanes of at least 4 members (excludes halogenated alkanes) is 1. The minimum absolute atomic E-state index is 0.718. The van der Waals surface area contributed by atoms with Crippen LogP contribution in [-0.4, -0.2) is 37.2 Å². The lowest BCUT2D eigenvalue weighted by molar-refractivity contribution is 0.0183. The molecule has 0 spiro atoms. The van der Waals surface area contributed by atoms with Crippen LogP contribution in [0.3, 0.4) is 0 Å². The van der Waals surface area contributed by atoms with E-state index in [0.29, 0.717) is 0 Å². The van der Waals surface area contributed by atoms with E-state index in [1.54, 1.807) is 0 Å². The molecule has 1 heterocycles. The van der Waals surface area contributed by atoms with Gasteiger partial charge in [0.15, 0.2) is 0 Å². The Labute approximate surface area is 75.9 Å². The fraction of sp³-hybridized carbons (Fsp3) is 0.900. The quantitative estimate of drug-likeness (QED) is 0.637. The summed E-state index contributed by atoms with van der Waals surface area (Å²) in [5, 5.41) is 0. The molecule has 0 aliphatic carbocycles. The first-order valence-corrected chi connectivity index (χ1v) is 4.95. The molecule has 1 saturated heterocycles. The van der Waals surface area contributed by atoms with Gasteiger partial charge < -0.3 is 4.74 Å². The maximum atomic E-state index is 5.30. The van der Waals surface area contributed by atoms with Gasteiger partial charge >= 0.3 is 0 Å². The lowest BCUT2D eigenvalue weighted by Crippen LogP contribution is -2.42. The van der Waals surface area contributed by atoms with Crippen LogP contribution in [-0.2, 0) is 4.74 Å². The van der Waals surface area contributed by atoms with Crippen LogP contribution in [0.5, 0.6) is 0 Å². The normalized spacial score (nSPS) is 22.5. The average molecular weight is 170 g/mol. The van der Waals surface area contributed by atoms with Gasteiger partial charge in [-0.25, -0.2) is 0 Å². The maximum absolute atomic E-state index is 5.30. The van der Waals surface area contributed by atoms with Gasteiger partial charge in [0.1, 0.15) is 0 Å². The molecule has 12 heavy (non-hydrogen) atoms. The fourth-order valence-corrected chi connectivity index (χ4v) is 1.64. The molecule has 0 saturated carbocycles. The lowest BCUT2D eigenvalue weighted by Gasteiger charge is -2.32. The molecule has 0 aromatic carbocycles. The second-order valence-corrected chi connectivity index (χ2v) is 3.49. The van der Waals surface area contributed by atoms with Crippen LogP contribution in [0.2, 0.25) is 0 Å². The average Bonchev–Trinajstić information content (AvgIpc) is 2.15. The summed E-state index contributed by atoms with van der Waals surface area (Å²) in [6.07, 6.45) is 3.59. The highest BCUT2D eigenvalue weighted by molar-refractivity contribution is 4.69. The van der Waals surface area contributed by atoms with Crippen molar-refractivity contribution in [1.29, 1.82) is 0 Å². The van der Waals surface area contributed by atoms with Crippen LogP contribution >= 0.6 is 0 Å². The van der Waals surface area contributed by atoms with Gasteiger partial charge in [0.05, 0.1) is 13.2 Å². The van der Waals surface area contributed by atoms with Crippen LogP contribution < -0.4 is 0 Å². The van der Waals surface area contributed by atoms with Crippen LogP contribution in [0.15, 0.2) is 0 Å². The van der Waals surface area contributed by atoms with Crippen LogP contribution in [0.4, 0.5) is 0 Å². The molecule has 1 aliphatic rings. The molecule has 1 radical (unpaired) electrons. The smallest absolute Gasteiger partial charge is 0.0594 e. The highest BCUT2D eigenvalue weighted by Crippen LogP contribution is 2.09. The zero-order chi connectivity index (χ0) is 8.81. The predicted molar refractivity (Wildman–Crippen MR) is 51.1 cm³/mol. The van der Waals surface area contributed by atoms with E-state index in [4.69, 9.17) is 4.74 Å². The zero-order valence-corrected chi connectivity index (χ0v) is 8.09. The second kappa shape index (κ2) is 5.55. The SMILES string of the molecule is [CH2]CCCC(C)N1CCOCC1. The van der Waals surface area contributed by atoms with Crippen molar-refractivity contribution >= 4 is 0 Å². The summed E-state index contributed by atoms with van der Waals surface area (Å²) >= 11 is 0. The van der Waals surface area contributed by atoms with Crippen molar-refractivity contribution in [2.45, 2.75) is 32.2 Å². The van der Waals surface area contributed by atoms with Crippen molar-refractivity contribution in [2.75, 3.05) is 26.3 Å². The van der Waals surface area contributed by atoms with Gasteiger partial charge in [-0.2, -0.15) is 0 Å². The highest BCUT2D eigenvalue weighted by atomic mass is 16.5. The monoisotopic (exact) mass is 170 g/mol. The largest absolute Gasteiger partial charge is 0.379 e. The molecule has 1 unspecified atom stereocenters. The number of rotatable bonds is 4. The summed E-state index contributed by atoms with van der Waals surface area (Å²) in [5.41, 5.74) is 0. The lowest BCUT2D eigenvalue weighted by atomic mass is 10.1. The number of morpholine rings is 1. The Hall–Kier alpha value is -0.0800. The summed E-state index contributed by atoms with van der Waals surface area (Å²) in [7, 11) is 0. The summed E-state index contributed by atoms with van der Waals surface area (Å²) in [6.45, 7) is 10.2. The van der Waals surface area contributed by atoms with Gasteiger partial charge in [-0.3, -0.25) is 4.90 Å². The van der Waals surface area contributed by atoms with E-state index in [0.717, 1.165) is 38.8 Å². The molecule has 2 heteroatoms. The van der Waals surface area contributed by atoms with E-state index in [1.165, 1.54) is 12.8 Å².